The van der Waals surface area contributed by atoms with Gasteiger partial charge in [0.2, 0.25) is 0 Å². The highest BCUT2D eigenvalue weighted by molar-refractivity contribution is 4.91. The molecule has 1 atom stereocenters. The molecule has 0 aliphatic carbocycles. The molecule has 0 radical (unpaired) electrons. The van der Waals surface area contributed by atoms with Gasteiger partial charge in [0, 0.05) is 12.1 Å². The molecule has 1 unspecified atom stereocenters. The Kier molecular flexibility index (Phi) is 2.55. The van der Waals surface area contributed by atoms with Gasteiger partial charge in [-0.1, -0.05) is 0 Å². The maximum atomic E-state index is 3.24. The molecule has 0 saturated carbocycles. The van der Waals surface area contributed by atoms with Gasteiger partial charge in [0.15, 0.2) is 0 Å². The first kappa shape index (κ1) is 9.01. The standard InChI is InChI=1S/C9H20N2/c1-9(2)5-8(6-10-3)7-11(9)4/h8,10H,5-7H2,1-4H3. The molecule has 1 aliphatic heterocycles. The van der Waals surface area contributed by atoms with Gasteiger partial charge in [-0.25, -0.2) is 0 Å². The molecule has 0 amide bonds. The summed E-state index contributed by atoms with van der Waals surface area (Å²) < 4.78 is 0. The SMILES string of the molecule is CNCC1CN(C)C(C)(C)C1. The molecule has 0 bridgehead atoms. The lowest BCUT2D eigenvalue weighted by Gasteiger charge is -2.26. The number of nitrogens with zero attached hydrogens (tertiary/aromatic N) is 1. The Morgan fingerprint density at radius 1 is 1.55 bits per heavy atom. The van der Waals surface area contributed by atoms with Gasteiger partial charge in [0.1, 0.15) is 0 Å². The molecule has 0 aromatic rings. The minimum atomic E-state index is 0.418. The lowest BCUT2D eigenvalue weighted by atomic mass is 9.97. The quantitative estimate of drug-likeness (QED) is 0.640. The molecule has 1 aliphatic rings. The van der Waals surface area contributed by atoms with Crippen LogP contribution in [0.4, 0.5) is 0 Å². The van der Waals surface area contributed by atoms with Crippen molar-refractivity contribution < 1.29 is 0 Å². The molecule has 0 aromatic heterocycles. The van der Waals surface area contributed by atoms with Gasteiger partial charge in [0.05, 0.1) is 0 Å². The van der Waals surface area contributed by atoms with Crippen LogP contribution in [0.1, 0.15) is 20.3 Å². The van der Waals surface area contributed by atoms with Crippen LogP contribution in [-0.4, -0.2) is 37.6 Å². The van der Waals surface area contributed by atoms with E-state index in [1.807, 2.05) is 7.05 Å². The molecule has 1 saturated heterocycles. The zero-order valence-corrected chi connectivity index (χ0v) is 8.15. The van der Waals surface area contributed by atoms with Crippen LogP contribution in [0.5, 0.6) is 0 Å². The summed E-state index contributed by atoms with van der Waals surface area (Å²) in [5, 5.41) is 3.24. The summed E-state index contributed by atoms with van der Waals surface area (Å²) >= 11 is 0. The van der Waals surface area contributed by atoms with Crippen molar-refractivity contribution in [3.8, 4) is 0 Å². The Balaban J connectivity index is 2.43. The van der Waals surface area contributed by atoms with E-state index in [0.717, 1.165) is 12.5 Å². The fraction of sp³-hybridized carbons (Fsp3) is 1.00. The lowest BCUT2D eigenvalue weighted by Crippen LogP contribution is -2.34. The number of rotatable bonds is 2. The average Bonchev–Trinajstić information content (AvgIpc) is 2.08. The van der Waals surface area contributed by atoms with Crippen molar-refractivity contribution in [3.05, 3.63) is 0 Å². The van der Waals surface area contributed by atoms with Crippen LogP contribution >= 0.6 is 0 Å². The van der Waals surface area contributed by atoms with E-state index < -0.39 is 0 Å². The van der Waals surface area contributed by atoms with E-state index in [2.05, 4.69) is 31.1 Å². The van der Waals surface area contributed by atoms with Gasteiger partial charge >= 0.3 is 0 Å². The number of likely N-dealkylation sites (tertiary alicyclic amines) is 1. The van der Waals surface area contributed by atoms with Crippen molar-refractivity contribution in [1.82, 2.24) is 10.2 Å². The molecule has 1 rings (SSSR count). The zero-order valence-electron chi connectivity index (χ0n) is 8.15. The lowest BCUT2D eigenvalue weighted by molar-refractivity contribution is 0.218. The monoisotopic (exact) mass is 156 g/mol. The van der Waals surface area contributed by atoms with Crippen LogP contribution in [0.25, 0.3) is 0 Å². The fourth-order valence-corrected chi connectivity index (χ4v) is 1.99. The molecule has 0 spiro atoms. The highest BCUT2D eigenvalue weighted by atomic mass is 15.2. The predicted octanol–water partition coefficient (Wildman–Crippen LogP) is 0.936. The fourth-order valence-electron chi connectivity index (χ4n) is 1.99. The second kappa shape index (κ2) is 3.11. The van der Waals surface area contributed by atoms with E-state index in [1.54, 1.807) is 0 Å². The third-order valence-corrected chi connectivity index (χ3v) is 2.85. The third-order valence-electron chi connectivity index (χ3n) is 2.85. The summed E-state index contributed by atoms with van der Waals surface area (Å²) in [6, 6.07) is 0. The minimum Gasteiger partial charge on any atom is -0.319 e. The van der Waals surface area contributed by atoms with Crippen molar-refractivity contribution in [3.63, 3.8) is 0 Å². The average molecular weight is 156 g/mol. The van der Waals surface area contributed by atoms with E-state index >= 15 is 0 Å². The number of hydrogen-bond donors (Lipinski definition) is 1. The topological polar surface area (TPSA) is 15.3 Å². The van der Waals surface area contributed by atoms with Crippen molar-refractivity contribution in [1.29, 1.82) is 0 Å². The Bertz CT molecular complexity index is 132. The smallest absolute Gasteiger partial charge is 0.0153 e. The van der Waals surface area contributed by atoms with Gasteiger partial charge in [-0.05, 0) is 46.8 Å². The van der Waals surface area contributed by atoms with Crippen molar-refractivity contribution in [2.45, 2.75) is 25.8 Å². The number of hydrogen-bond acceptors (Lipinski definition) is 2. The van der Waals surface area contributed by atoms with Crippen molar-refractivity contribution >= 4 is 0 Å². The van der Waals surface area contributed by atoms with Crippen LogP contribution in [0.2, 0.25) is 0 Å². The van der Waals surface area contributed by atoms with E-state index in [9.17, 15) is 0 Å². The molecule has 1 heterocycles. The van der Waals surface area contributed by atoms with Crippen LogP contribution in [0.3, 0.4) is 0 Å². The highest BCUT2D eigenvalue weighted by Gasteiger charge is 2.34. The Hall–Kier alpha value is -0.0800. The zero-order chi connectivity index (χ0) is 8.48. The Morgan fingerprint density at radius 3 is 2.55 bits per heavy atom. The second-order valence-corrected chi connectivity index (χ2v) is 4.32. The van der Waals surface area contributed by atoms with Gasteiger partial charge in [-0.15, -0.1) is 0 Å². The largest absolute Gasteiger partial charge is 0.319 e. The van der Waals surface area contributed by atoms with E-state index in [1.165, 1.54) is 13.0 Å². The summed E-state index contributed by atoms with van der Waals surface area (Å²) in [7, 11) is 4.25. The summed E-state index contributed by atoms with van der Waals surface area (Å²) in [5.74, 6) is 0.847. The first-order valence-corrected chi connectivity index (χ1v) is 4.42. The van der Waals surface area contributed by atoms with E-state index in [4.69, 9.17) is 0 Å². The van der Waals surface area contributed by atoms with Crippen molar-refractivity contribution in [2.75, 3.05) is 27.2 Å². The van der Waals surface area contributed by atoms with Gasteiger partial charge in [0.25, 0.3) is 0 Å². The van der Waals surface area contributed by atoms with Crippen LogP contribution in [0.15, 0.2) is 0 Å². The Labute approximate surface area is 70.0 Å². The van der Waals surface area contributed by atoms with Crippen LogP contribution < -0.4 is 5.32 Å². The van der Waals surface area contributed by atoms with E-state index in [-0.39, 0.29) is 0 Å². The molecule has 66 valence electrons. The first-order chi connectivity index (χ1) is 5.06. The minimum absolute atomic E-state index is 0.418. The molecular formula is C9H20N2. The first-order valence-electron chi connectivity index (χ1n) is 4.42. The van der Waals surface area contributed by atoms with Gasteiger partial charge in [-0.3, -0.25) is 0 Å². The highest BCUT2D eigenvalue weighted by Crippen LogP contribution is 2.30. The number of nitrogens with one attached hydrogen (secondary N) is 1. The molecule has 2 nitrogen and oxygen atoms in total. The molecule has 1 N–H and O–H groups in total. The maximum Gasteiger partial charge on any atom is 0.0153 e. The Morgan fingerprint density at radius 2 is 2.18 bits per heavy atom. The molecule has 11 heavy (non-hydrogen) atoms. The normalized spacial score (nSPS) is 31.1. The summed E-state index contributed by atoms with van der Waals surface area (Å²) in [4.78, 5) is 2.45. The summed E-state index contributed by atoms with van der Waals surface area (Å²) in [6.07, 6.45) is 1.32. The maximum absolute atomic E-state index is 3.24. The molecule has 0 aromatic carbocycles. The van der Waals surface area contributed by atoms with Crippen LogP contribution in [-0.2, 0) is 0 Å². The predicted molar refractivity (Wildman–Crippen MR) is 48.7 cm³/mol. The molecular weight excluding hydrogens is 136 g/mol. The van der Waals surface area contributed by atoms with Gasteiger partial charge in [-0.2, -0.15) is 0 Å². The van der Waals surface area contributed by atoms with Crippen molar-refractivity contribution in [2.24, 2.45) is 5.92 Å². The van der Waals surface area contributed by atoms with E-state index in [0.29, 0.717) is 5.54 Å². The second-order valence-electron chi connectivity index (χ2n) is 4.32. The molecule has 2 heteroatoms. The molecule has 1 fully saturated rings. The van der Waals surface area contributed by atoms with Gasteiger partial charge < -0.3 is 10.2 Å². The summed E-state index contributed by atoms with van der Waals surface area (Å²) in [6.45, 7) is 7.05. The third kappa shape index (κ3) is 1.94. The van der Waals surface area contributed by atoms with Crippen LogP contribution in [0, 0.1) is 5.92 Å². The summed E-state index contributed by atoms with van der Waals surface area (Å²) in [5.41, 5.74) is 0.418.